The monoisotopic (exact) mass is 376 g/mol. The first kappa shape index (κ1) is 19.2. The van der Waals surface area contributed by atoms with E-state index in [9.17, 15) is 4.79 Å². The van der Waals surface area contributed by atoms with Gasteiger partial charge >= 0.3 is 6.03 Å². The highest BCUT2D eigenvalue weighted by molar-refractivity contribution is 5.90. The molecule has 0 aliphatic rings. The Labute approximate surface area is 164 Å². The number of carbonyl (C=O) groups excluding carboxylic acids is 1. The zero-order valence-corrected chi connectivity index (χ0v) is 16.2. The van der Waals surface area contributed by atoms with E-state index in [1.165, 1.54) is 5.56 Å². The molecule has 0 saturated carbocycles. The summed E-state index contributed by atoms with van der Waals surface area (Å²) in [4.78, 5) is 16.6. The van der Waals surface area contributed by atoms with Gasteiger partial charge in [0.1, 0.15) is 5.82 Å². The van der Waals surface area contributed by atoms with Crippen LogP contribution < -0.4 is 16.4 Å². The third kappa shape index (κ3) is 4.37. The Morgan fingerprint density at radius 1 is 1.25 bits per heavy atom. The van der Waals surface area contributed by atoms with Crippen LogP contribution >= 0.6 is 0 Å². The van der Waals surface area contributed by atoms with Gasteiger partial charge in [0, 0.05) is 42.3 Å². The maximum Gasteiger partial charge on any atom is 0.320 e. The number of anilines is 2. The van der Waals surface area contributed by atoms with E-state index in [0.717, 1.165) is 16.7 Å². The largest absolute Gasteiger partial charge is 0.398 e. The van der Waals surface area contributed by atoms with Gasteiger partial charge in [0.25, 0.3) is 0 Å². The van der Waals surface area contributed by atoms with Crippen molar-refractivity contribution in [3.8, 4) is 0 Å². The summed E-state index contributed by atoms with van der Waals surface area (Å²) in [5.74, 6) is 0.369. The maximum absolute atomic E-state index is 12.3. The topological polar surface area (TPSA) is 97.9 Å². The molecule has 3 aromatic rings. The second-order valence-corrected chi connectivity index (χ2v) is 6.77. The highest BCUT2D eigenvalue weighted by atomic mass is 16.2. The van der Waals surface area contributed by atoms with E-state index in [1.54, 1.807) is 23.1 Å². The summed E-state index contributed by atoms with van der Waals surface area (Å²) in [7, 11) is 1.83. The molecular formula is C21H24N6O. The lowest BCUT2D eigenvalue weighted by molar-refractivity contribution is 0.249. The van der Waals surface area contributed by atoms with E-state index >= 15 is 0 Å². The van der Waals surface area contributed by atoms with Gasteiger partial charge in [-0.2, -0.15) is 5.10 Å². The van der Waals surface area contributed by atoms with Gasteiger partial charge in [0.2, 0.25) is 0 Å². The summed E-state index contributed by atoms with van der Waals surface area (Å²) < 4.78 is 1.69. The lowest BCUT2D eigenvalue weighted by atomic mass is 10.0. The van der Waals surface area contributed by atoms with Gasteiger partial charge in [-0.3, -0.25) is 10.00 Å². The number of rotatable bonds is 5. The van der Waals surface area contributed by atoms with Crippen LogP contribution in [-0.4, -0.2) is 20.8 Å². The highest BCUT2D eigenvalue weighted by Gasteiger charge is 2.13. The minimum atomic E-state index is -0.348. The average Bonchev–Trinajstić information content (AvgIpc) is 3.08. The predicted octanol–water partition coefficient (Wildman–Crippen LogP) is 3.65. The lowest BCUT2D eigenvalue weighted by Crippen LogP contribution is -2.31. The molecule has 3 rings (SSSR count). The number of nitrogens with zero attached hydrogens (tertiary/aromatic N) is 3. The molecule has 7 nitrogen and oxygen atoms in total. The average molecular weight is 376 g/mol. The number of pyridine rings is 1. The maximum atomic E-state index is 12.3. The molecule has 28 heavy (non-hydrogen) atoms. The van der Waals surface area contributed by atoms with Crippen molar-refractivity contribution in [2.75, 3.05) is 11.1 Å². The fourth-order valence-corrected chi connectivity index (χ4v) is 2.81. The summed E-state index contributed by atoms with van der Waals surface area (Å²) in [6.45, 7) is 8.01. The third-order valence-electron chi connectivity index (χ3n) is 4.48. The number of aromatic nitrogens is 3. The van der Waals surface area contributed by atoms with E-state index in [4.69, 9.17) is 5.73 Å². The lowest BCUT2D eigenvalue weighted by Gasteiger charge is -2.15. The number of benzene rings is 1. The second-order valence-electron chi connectivity index (χ2n) is 6.77. The number of nitrogens with one attached hydrogen (secondary N) is 2. The summed E-state index contributed by atoms with van der Waals surface area (Å²) in [6.07, 6.45) is 5.17. The normalized spacial score (nSPS) is 11.7. The van der Waals surface area contributed by atoms with Crippen molar-refractivity contribution in [1.29, 1.82) is 0 Å². The first-order valence-electron chi connectivity index (χ1n) is 8.91. The van der Waals surface area contributed by atoms with Crippen LogP contribution in [0, 0.1) is 6.92 Å². The fraction of sp³-hybridized carbons (Fsp3) is 0.190. The van der Waals surface area contributed by atoms with Gasteiger partial charge in [-0.15, -0.1) is 0 Å². The van der Waals surface area contributed by atoms with Crippen molar-refractivity contribution in [3.63, 3.8) is 0 Å². The molecule has 0 fully saturated rings. The third-order valence-corrected chi connectivity index (χ3v) is 4.48. The van der Waals surface area contributed by atoms with E-state index in [2.05, 4.69) is 27.3 Å². The van der Waals surface area contributed by atoms with Crippen LogP contribution in [0.25, 0.3) is 5.57 Å². The summed E-state index contributed by atoms with van der Waals surface area (Å²) in [6, 6.07) is 9.15. The van der Waals surface area contributed by atoms with Crippen molar-refractivity contribution in [1.82, 2.24) is 20.1 Å². The quantitative estimate of drug-likeness (QED) is 0.633. The first-order valence-corrected chi connectivity index (χ1v) is 8.91. The molecule has 0 radical (unpaired) electrons. The number of nitrogen functional groups attached to an aromatic ring is 1. The Bertz CT molecular complexity index is 1010. The van der Waals surface area contributed by atoms with Crippen LogP contribution in [0.2, 0.25) is 0 Å². The molecule has 0 aliphatic carbocycles. The second kappa shape index (κ2) is 7.96. The molecule has 144 valence electrons. The van der Waals surface area contributed by atoms with Crippen molar-refractivity contribution >= 4 is 23.1 Å². The van der Waals surface area contributed by atoms with Crippen LogP contribution in [0.4, 0.5) is 16.3 Å². The first-order chi connectivity index (χ1) is 13.3. The van der Waals surface area contributed by atoms with Gasteiger partial charge in [-0.1, -0.05) is 36.4 Å². The van der Waals surface area contributed by atoms with Crippen molar-refractivity contribution in [2.45, 2.75) is 19.9 Å². The number of hydrogen-bond donors (Lipinski definition) is 3. The standard InChI is InChI=1S/C21H24N6O/c1-13-5-7-16(8-6-13)15(3)25-21(28)26-20-9-19(22)18(11-23-20)14(2)17-10-24-27(4)12-17/h5-12,15H,2H2,1,3-4H3,(H4,22,23,25,26,28)/t15-/m1/s1. The zero-order valence-electron chi connectivity index (χ0n) is 16.2. The summed E-state index contributed by atoms with van der Waals surface area (Å²) >= 11 is 0. The Hall–Kier alpha value is -3.61. The van der Waals surface area contributed by atoms with Gasteiger partial charge in [-0.25, -0.2) is 9.78 Å². The fourth-order valence-electron chi connectivity index (χ4n) is 2.81. The molecule has 2 heterocycles. The molecule has 0 aliphatic heterocycles. The SMILES string of the molecule is C=C(c1cnn(C)c1)c1cnc(NC(=O)N[C@H](C)c2ccc(C)cc2)cc1N. The predicted molar refractivity (Wildman–Crippen MR) is 112 cm³/mol. The molecule has 1 atom stereocenters. The Kier molecular flexibility index (Phi) is 5.44. The molecule has 4 N–H and O–H groups in total. The van der Waals surface area contributed by atoms with E-state index in [0.29, 0.717) is 17.1 Å². The number of hydrogen-bond acceptors (Lipinski definition) is 4. The number of nitrogens with two attached hydrogens (primary N) is 1. The summed E-state index contributed by atoms with van der Waals surface area (Å²) in [5.41, 5.74) is 11.1. The van der Waals surface area contributed by atoms with Crippen LogP contribution in [0.15, 0.2) is 55.5 Å². The van der Waals surface area contributed by atoms with Gasteiger partial charge in [0.15, 0.2) is 0 Å². The molecule has 7 heteroatoms. The van der Waals surface area contributed by atoms with E-state index in [1.807, 2.05) is 51.4 Å². The number of aryl methyl sites for hydroxylation is 2. The van der Waals surface area contributed by atoms with Gasteiger partial charge in [-0.05, 0) is 25.0 Å². The molecule has 0 unspecified atom stereocenters. The van der Waals surface area contributed by atoms with Crippen molar-refractivity contribution < 1.29 is 4.79 Å². The van der Waals surface area contributed by atoms with E-state index < -0.39 is 0 Å². The highest BCUT2D eigenvalue weighted by Crippen LogP contribution is 2.27. The number of carbonyl (C=O) groups is 1. The molecular weight excluding hydrogens is 352 g/mol. The Balaban J connectivity index is 1.66. The molecule has 0 spiro atoms. The Morgan fingerprint density at radius 3 is 2.57 bits per heavy atom. The number of amides is 2. The van der Waals surface area contributed by atoms with E-state index in [-0.39, 0.29) is 12.1 Å². The minimum absolute atomic E-state index is 0.137. The molecule has 0 bridgehead atoms. The smallest absolute Gasteiger partial charge is 0.320 e. The van der Waals surface area contributed by atoms with Crippen LogP contribution in [0.3, 0.4) is 0 Å². The van der Waals surface area contributed by atoms with Gasteiger partial charge in [0.05, 0.1) is 12.2 Å². The van der Waals surface area contributed by atoms with Crippen molar-refractivity contribution in [2.24, 2.45) is 7.05 Å². The number of urea groups is 1. The molecule has 0 saturated heterocycles. The Morgan fingerprint density at radius 2 is 1.96 bits per heavy atom. The molecule has 2 aromatic heterocycles. The minimum Gasteiger partial charge on any atom is -0.398 e. The van der Waals surface area contributed by atoms with Crippen molar-refractivity contribution in [3.05, 3.63) is 77.8 Å². The summed E-state index contributed by atoms with van der Waals surface area (Å²) in [5, 5.41) is 9.74. The molecule has 2 amide bonds. The van der Waals surface area contributed by atoms with Crippen LogP contribution in [-0.2, 0) is 7.05 Å². The van der Waals surface area contributed by atoms with Crippen LogP contribution in [0.1, 0.15) is 35.2 Å². The van der Waals surface area contributed by atoms with Crippen LogP contribution in [0.5, 0.6) is 0 Å². The zero-order chi connectivity index (χ0) is 20.3. The molecule has 1 aromatic carbocycles. The van der Waals surface area contributed by atoms with Gasteiger partial charge < -0.3 is 11.1 Å².